The van der Waals surface area contributed by atoms with Gasteiger partial charge in [0.15, 0.2) is 6.29 Å². The Kier molecular flexibility index (Phi) is 8.77. The molecule has 6 aliphatic rings. The van der Waals surface area contributed by atoms with E-state index in [-0.39, 0.29) is 22.7 Å². The van der Waals surface area contributed by atoms with Crippen LogP contribution in [-0.4, -0.2) is 127 Å². The van der Waals surface area contributed by atoms with E-state index in [9.17, 15) is 45.6 Å². The summed E-state index contributed by atoms with van der Waals surface area (Å²) >= 11 is 0. The molecule has 8 N–H and O–H groups in total. The number of carbonyl (C=O) groups is 1. The Labute approximate surface area is 262 Å². The van der Waals surface area contributed by atoms with Crippen LogP contribution in [0.4, 0.5) is 0 Å². The molecular weight excluding hydrogens is 592 g/mol. The molecule has 2 saturated heterocycles. The molecule has 16 atom stereocenters. The molecule has 13 heteroatoms. The first-order valence-corrected chi connectivity index (χ1v) is 16.3. The van der Waals surface area contributed by atoms with Gasteiger partial charge in [0.25, 0.3) is 0 Å². The van der Waals surface area contributed by atoms with Crippen molar-refractivity contribution in [1.82, 2.24) is 0 Å². The van der Waals surface area contributed by atoms with Crippen LogP contribution in [0, 0.1) is 28.1 Å². The highest BCUT2D eigenvalue weighted by Gasteiger charge is 2.69. The van der Waals surface area contributed by atoms with Gasteiger partial charge in [-0.2, -0.15) is 0 Å². The summed E-state index contributed by atoms with van der Waals surface area (Å²) in [4.78, 5) is 13.9. The third kappa shape index (κ3) is 5.04. The van der Waals surface area contributed by atoms with Crippen molar-refractivity contribution in [3.05, 3.63) is 12.2 Å². The van der Waals surface area contributed by atoms with E-state index in [1.807, 2.05) is 6.92 Å². The summed E-state index contributed by atoms with van der Waals surface area (Å²) in [5.74, 6) is -0.348. The molecule has 2 aliphatic heterocycles. The van der Waals surface area contributed by atoms with Gasteiger partial charge >= 0.3 is 5.97 Å². The fraction of sp³-hybridized carbons (Fsp3) is 0.906. The summed E-state index contributed by atoms with van der Waals surface area (Å²) in [6.07, 6.45) is -7.82. The zero-order chi connectivity index (χ0) is 32.7. The van der Waals surface area contributed by atoms with Crippen molar-refractivity contribution in [2.45, 2.75) is 139 Å². The van der Waals surface area contributed by atoms with Gasteiger partial charge in [0, 0.05) is 0 Å². The number of aliphatic hydroxyl groups excluding tert-OH is 8. The molecule has 6 rings (SSSR count). The van der Waals surface area contributed by atoms with E-state index in [2.05, 4.69) is 13.5 Å². The van der Waals surface area contributed by atoms with E-state index in [1.54, 1.807) is 0 Å². The Bertz CT molecular complexity index is 1150. The molecule has 0 aromatic carbocycles. The molecule has 0 aromatic heterocycles. The normalized spacial score (nSPS) is 54.7. The van der Waals surface area contributed by atoms with Crippen LogP contribution < -0.4 is 0 Å². The summed E-state index contributed by atoms with van der Waals surface area (Å²) < 4.78 is 23.4. The predicted octanol–water partition coefficient (Wildman–Crippen LogP) is -0.762. The lowest BCUT2D eigenvalue weighted by Gasteiger charge is -2.64. The molecule has 2 bridgehead atoms. The Morgan fingerprint density at radius 1 is 0.800 bits per heavy atom. The van der Waals surface area contributed by atoms with Crippen molar-refractivity contribution < 1.29 is 64.6 Å². The Morgan fingerprint density at radius 3 is 2.00 bits per heavy atom. The molecule has 0 radical (unpaired) electrons. The summed E-state index contributed by atoms with van der Waals surface area (Å²) in [5, 5.41) is 81.4. The fourth-order valence-electron chi connectivity index (χ4n) is 10.5. The lowest BCUT2D eigenvalue weighted by Crippen LogP contribution is -2.63. The lowest BCUT2D eigenvalue weighted by molar-refractivity contribution is -0.327. The maximum atomic E-state index is 13.9. The third-order valence-corrected chi connectivity index (χ3v) is 12.9. The highest BCUT2D eigenvalue weighted by molar-refractivity contribution is 5.77. The predicted molar refractivity (Wildman–Crippen MR) is 154 cm³/mol. The van der Waals surface area contributed by atoms with E-state index in [4.69, 9.17) is 18.9 Å². The zero-order valence-electron chi connectivity index (χ0n) is 26.0. The van der Waals surface area contributed by atoms with Gasteiger partial charge in [-0.25, -0.2) is 0 Å². The van der Waals surface area contributed by atoms with Gasteiger partial charge in [-0.3, -0.25) is 4.79 Å². The number of rotatable bonds is 6. The van der Waals surface area contributed by atoms with Crippen LogP contribution in [0.2, 0.25) is 0 Å². The van der Waals surface area contributed by atoms with Crippen LogP contribution >= 0.6 is 0 Å². The van der Waals surface area contributed by atoms with Crippen LogP contribution in [0.1, 0.15) is 71.6 Å². The van der Waals surface area contributed by atoms with Crippen molar-refractivity contribution in [3.8, 4) is 0 Å². The maximum Gasteiger partial charge on any atom is 0.314 e. The third-order valence-electron chi connectivity index (χ3n) is 12.9. The van der Waals surface area contributed by atoms with Gasteiger partial charge in [0.05, 0.1) is 24.2 Å². The molecular formula is C32H50O13. The number of aliphatic hydroxyl groups is 8. The molecule has 1 spiro atoms. The average Bonchev–Trinajstić information content (AvgIpc) is 3.20. The lowest BCUT2D eigenvalue weighted by atomic mass is 9.41. The number of fused-ring (bicyclic) bond motifs is 3. The number of esters is 1. The minimum absolute atomic E-state index is 0.0421. The van der Waals surface area contributed by atoms with Crippen molar-refractivity contribution >= 4 is 5.97 Å². The quantitative estimate of drug-likeness (QED) is 0.102. The highest BCUT2D eigenvalue weighted by atomic mass is 16.7. The van der Waals surface area contributed by atoms with E-state index in [0.29, 0.717) is 25.7 Å². The number of hydrogen-bond donors (Lipinski definition) is 8. The Morgan fingerprint density at radius 2 is 1.38 bits per heavy atom. The minimum atomic E-state index is -1.67. The molecule has 0 amide bonds. The van der Waals surface area contributed by atoms with Crippen molar-refractivity contribution in [2.75, 3.05) is 13.2 Å². The van der Waals surface area contributed by atoms with Gasteiger partial charge in [-0.15, -0.1) is 0 Å². The summed E-state index contributed by atoms with van der Waals surface area (Å²) in [7, 11) is 0. The SMILES string of the molecule is C=C1C[C@@]23CC[C@H]4[C@](C)(CCC[C@]4(C)C(=O)O[C@@H]4O[C@H](CO)[C@@H](O)[C@H](O)[C@H]4O)[C@@H]2CC[C@@]1(O[C@H]1O[C@@H](CO)[C@H](O)[C@H](O)[C@@H]1O)C3. The minimum Gasteiger partial charge on any atom is -0.432 e. The van der Waals surface area contributed by atoms with Gasteiger partial charge in [0.2, 0.25) is 6.29 Å². The molecule has 256 valence electrons. The standard InChI is InChI=1S/C32H50O13/c1-15-11-31-9-5-18-29(2,7-4-8-30(18,3)28(41)44-26-24(39)22(37)20(35)16(12-33)42-26)19(31)6-10-32(15,14-31)45-27-25(40)23(38)21(36)17(13-34)43-27/h16-27,33-40H,1,4-14H2,2-3H3/t16-,17+,18+,19+,20-,21+,22+,23+,24-,25+,26+,27-,29+,30+,31-,32-/m1/s1. The first kappa shape index (κ1) is 33.7. The average molecular weight is 643 g/mol. The van der Waals surface area contributed by atoms with Crippen LogP contribution in [0.3, 0.4) is 0 Å². The van der Waals surface area contributed by atoms with E-state index >= 15 is 0 Å². The van der Waals surface area contributed by atoms with E-state index in [1.165, 1.54) is 0 Å². The molecule has 6 fully saturated rings. The second-order valence-corrected chi connectivity index (χ2v) is 15.2. The maximum absolute atomic E-state index is 13.9. The second-order valence-electron chi connectivity index (χ2n) is 15.2. The molecule has 4 saturated carbocycles. The number of hydrogen-bond acceptors (Lipinski definition) is 13. The van der Waals surface area contributed by atoms with Crippen LogP contribution in [-0.2, 0) is 23.7 Å². The van der Waals surface area contributed by atoms with Gasteiger partial charge < -0.3 is 59.8 Å². The van der Waals surface area contributed by atoms with Gasteiger partial charge in [0.1, 0.15) is 48.8 Å². The molecule has 2 heterocycles. The molecule has 0 aromatic rings. The van der Waals surface area contributed by atoms with Gasteiger partial charge in [-0.05, 0) is 86.5 Å². The number of carbonyl (C=O) groups excluding carboxylic acids is 1. The zero-order valence-corrected chi connectivity index (χ0v) is 26.0. The van der Waals surface area contributed by atoms with E-state index < -0.39 is 91.6 Å². The summed E-state index contributed by atoms with van der Waals surface area (Å²) in [6.45, 7) is 7.41. The van der Waals surface area contributed by atoms with Crippen LogP contribution in [0.15, 0.2) is 12.2 Å². The molecule has 45 heavy (non-hydrogen) atoms. The number of ether oxygens (including phenoxy) is 4. The second kappa shape index (κ2) is 11.7. The Balaban J connectivity index is 1.20. The summed E-state index contributed by atoms with van der Waals surface area (Å²) in [6, 6.07) is 0. The van der Waals surface area contributed by atoms with Gasteiger partial charge in [-0.1, -0.05) is 19.9 Å². The summed E-state index contributed by atoms with van der Waals surface area (Å²) in [5.41, 5.74) is -1.20. The molecule has 0 unspecified atom stereocenters. The van der Waals surface area contributed by atoms with Crippen molar-refractivity contribution in [2.24, 2.45) is 28.1 Å². The van der Waals surface area contributed by atoms with Crippen LogP contribution in [0.5, 0.6) is 0 Å². The molecule has 13 nitrogen and oxygen atoms in total. The smallest absolute Gasteiger partial charge is 0.314 e. The first-order valence-electron chi connectivity index (χ1n) is 16.3. The van der Waals surface area contributed by atoms with E-state index in [0.717, 1.165) is 37.7 Å². The van der Waals surface area contributed by atoms with Crippen molar-refractivity contribution in [1.29, 1.82) is 0 Å². The highest BCUT2D eigenvalue weighted by Crippen LogP contribution is 2.73. The largest absolute Gasteiger partial charge is 0.432 e. The fourth-order valence-corrected chi connectivity index (χ4v) is 10.5. The monoisotopic (exact) mass is 642 g/mol. The first-order chi connectivity index (χ1) is 21.2. The van der Waals surface area contributed by atoms with Crippen molar-refractivity contribution in [3.63, 3.8) is 0 Å². The van der Waals surface area contributed by atoms with Crippen LogP contribution in [0.25, 0.3) is 0 Å². The topological polar surface area (TPSA) is 216 Å². The Hall–Kier alpha value is -1.23. The molecule has 4 aliphatic carbocycles.